The average molecular weight is 219 g/mol. The second kappa shape index (κ2) is 4.45. The molecule has 0 fully saturated rings. The number of ether oxygens (including phenoxy) is 2. The predicted octanol–water partition coefficient (Wildman–Crippen LogP) is 1.83. The van der Waals surface area contributed by atoms with E-state index in [9.17, 15) is 4.79 Å². The van der Waals surface area contributed by atoms with Crippen LogP contribution >= 0.6 is 0 Å². The third-order valence-electron chi connectivity index (χ3n) is 2.40. The lowest BCUT2D eigenvalue weighted by Gasteiger charge is -2.16. The molecule has 0 radical (unpaired) electrons. The lowest BCUT2D eigenvalue weighted by molar-refractivity contribution is 0.0502. The molecule has 0 N–H and O–H groups in total. The smallest absolute Gasteiger partial charge is 0.280 e. The number of fused-ring (bicyclic) bond motifs is 1. The molecular formula is C12H13NO3. The highest BCUT2D eigenvalue weighted by Gasteiger charge is 2.21. The van der Waals surface area contributed by atoms with Crippen molar-refractivity contribution in [2.24, 2.45) is 4.99 Å². The Hall–Kier alpha value is -1.68. The van der Waals surface area contributed by atoms with Crippen molar-refractivity contribution in [3.63, 3.8) is 0 Å². The molecule has 0 saturated carbocycles. The molecule has 84 valence electrons. The van der Waals surface area contributed by atoms with Gasteiger partial charge in [-0.2, -0.15) is 0 Å². The lowest BCUT2D eigenvalue weighted by Crippen LogP contribution is -2.16. The molecule has 0 atom stereocenters. The van der Waals surface area contributed by atoms with Crippen molar-refractivity contribution in [3.05, 3.63) is 29.3 Å². The van der Waals surface area contributed by atoms with Crippen LogP contribution in [-0.4, -0.2) is 25.5 Å². The fourth-order valence-corrected chi connectivity index (χ4v) is 1.75. The van der Waals surface area contributed by atoms with Crippen molar-refractivity contribution >= 4 is 11.6 Å². The largest absolute Gasteiger partial charge is 0.467 e. The summed E-state index contributed by atoms with van der Waals surface area (Å²) < 4.78 is 10.2. The zero-order chi connectivity index (χ0) is 11.5. The standard InChI is InChI=1S/C12H13NO3/c1-8-6-9-4-3-5-10(16-7-15-2)11(9)12(14)13-8/h3-5H,6-7H2,1-2H3. The second-order valence-electron chi connectivity index (χ2n) is 3.67. The van der Waals surface area contributed by atoms with Gasteiger partial charge in [-0.05, 0) is 18.6 Å². The zero-order valence-corrected chi connectivity index (χ0v) is 9.32. The van der Waals surface area contributed by atoms with Crippen LogP contribution in [0, 0.1) is 0 Å². The van der Waals surface area contributed by atoms with Crippen LogP contribution < -0.4 is 4.74 Å². The molecule has 0 aromatic heterocycles. The summed E-state index contributed by atoms with van der Waals surface area (Å²) in [6.45, 7) is 1.98. The molecule has 4 nitrogen and oxygen atoms in total. The van der Waals surface area contributed by atoms with Crippen molar-refractivity contribution in [2.75, 3.05) is 13.9 Å². The third-order valence-corrected chi connectivity index (χ3v) is 2.40. The van der Waals surface area contributed by atoms with Crippen molar-refractivity contribution in [1.29, 1.82) is 0 Å². The van der Waals surface area contributed by atoms with E-state index in [1.54, 1.807) is 13.2 Å². The van der Waals surface area contributed by atoms with E-state index in [0.29, 0.717) is 17.7 Å². The maximum absolute atomic E-state index is 11.8. The summed E-state index contributed by atoms with van der Waals surface area (Å²) in [6.07, 6.45) is 0.700. The maximum atomic E-state index is 11.8. The summed E-state index contributed by atoms with van der Waals surface area (Å²) in [6, 6.07) is 5.55. The van der Waals surface area contributed by atoms with E-state index in [-0.39, 0.29) is 12.7 Å². The molecule has 1 aromatic rings. The molecule has 4 heteroatoms. The fraction of sp³-hybridized carbons (Fsp3) is 0.333. The number of rotatable bonds is 3. The van der Waals surface area contributed by atoms with Crippen LogP contribution in [0.5, 0.6) is 5.75 Å². The maximum Gasteiger partial charge on any atom is 0.280 e. The molecule has 0 saturated heterocycles. The van der Waals surface area contributed by atoms with E-state index < -0.39 is 0 Å². The van der Waals surface area contributed by atoms with E-state index in [4.69, 9.17) is 9.47 Å². The van der Waals surface area contributed by atoms with Gasteiger partial charge in [-0.3, -0.25) is 4.79 Å². The van der Waals surface area contributed by atoms with E-state index in [2.05, 4.69) is 4.99 Å². The molecule has 1 aliphatic rings. The summed E-state index contributed by atoms with van der Waals surface area (Å²) in [4.78, 5) is 15.7. The Morgan fingerprint density at radius 1 is 1.44 bits per heavy atom. The molecule has 2 rings (SSSR count). The van der Waals surface area contributed by atoms with Crippen LogP contribution in [-0.2, 0) is 11.2 Å². The molecule has 0 unspecified atom stereocenters. The minimum Gasteiger partial charge on any atom is -0.467 e. The van der Waals surface area contributed by atoms with Gasteiger partial charge < -0.3 is 9.47 Å². The summed E-state index contributed by atoms with van der Waals surface area (Å²) in [5.74, 6) is 0.311. The SMILES string of the molecule is COCOc1cccc2c1C(=O)N=C(C)C2. The van der Waals surface area contributed by atoms with Gasteiger partial charge in [0.1, 0.15) is 5.75 Å². The molecular weight excluding hydrogens is 206 g/mol. The molecule has 1 amide bonds. The first-order chi connectivity index (χ1) is 7.72. The number of nitrogens with zero attached hydrogens (tertiary/aromatic N) is 1. The van der Waals surface area contributed by atoms with E-state index >= 15 is 0 Å². The topological polar surface area (TPSA) is 47.9 Å². The summed E-state index contributed by atoms with van der Waals surface area (Å²) >= 11 is 0. The summed E-state index contributed by atoms with van der Waals surface area (Å²) in [5, 5.41) is 0. The number of aliphatic imine (C=N–C) groups is 1. The summed E-state index contributed by atoms with van der Waals surface area (Å²) in [5.41, 5.74) is 2.36. The van der Waals surface area contributed by atoms with Gasteiger partial charge in [0, 0.05) is 19.2 Å². The van der Waals surface area contributed by atoms with E-state index in [1.807, 2.05) is 19.1 Å². The minimum absolute atomic E-state index is 0.131. The highest BCUT2D eigenvalue weighted by atomic mass is 16.7. The number of amides is 1. The number of hydrogen-bond donors (Lipinski definition) is 0. The first kappa shape index (κ1) is 10.8. The van der Waals surface area contributed by atoms with Crippen molar-refractivity contribution in [3.8, 4) is 5.75 Å². The second-order valence-corrected chi connectivity index (χ2v) is 3.67. The van der Waals surface area contributed by atoms with Gasteiger partial charge in [0.25, 0.3) is 5.91 Å². The molecule has 0 bridgehead atoms. The average Bonchev–Trinajstić information content (AvgIpc) is 2.25. The Balaban J connectivity index is 2.38. The molecule has 0 spiro atoms. The van der Waals surface area contributed by atoms with Gasteiger partial charge in [-0.15, -0.1) is 0 Å². The quantitative estimate of drug-likeness (QED) is 0.728. The number of benzene rings is 1. The van der Waals surface area contributed by atoms with Gasteiger partial charge in [-0.25, -0.2) is 4.99 Å². The molecule has 0 aliphatic carbocycles. The molecule has 16 heavy (non-hydrogen) atoms. The Labute approximate surface area is 93.9 Å². The number of methoxy groups -OCH3 is 1. The van der Waals surface area contributed by atoms with Gasteiger partial charge in [-0.1, -0.05) is 12.1 Å². The third kappa shape index (κ3) is 1.97. The fourth-order valence-electron chi connectivity index (χ4n) is 1.75. The van der Waals surface area contributed by atoms with Gasteiger partial charge in [0.05, 0.1) is 5.56 Å². The van der Waals surface area contributed by atoms with Crippen LogP contribution in [0.4, 0.5) is 0 Å². The van der Waals surface area contributed by atoms with Crippen molar-refractivity contribution < 1.29 is 14.3 Å². The van der Waals surface area contributed by atoms with Crippen LogP contribution in [0.1, 0.15) is 22.8 Å². The first-order valence-corrected chi connectivity index (χ1v) is 5.04. The van der Waals surface area contributed by atoms with Crippen molar-refractivity contribution in [1.82, 2.24) is 0 Å². The van der Waals surface area contributed by atoms with Crippen molar-refractivity contribution in [2.45, 2.75) is 13.3 Å². The molecule has 1 heterocycles. The minimum atomic E-state index is -0.231. The Morgan fingerprint density at radius 3 is 3.00 bits per heavy atom. The number of carbonyl (C=O) groups excluding carboxylic acids is 1. The highest BCUT2D eigenvalue weighted by molar-refractivity contribution is 6.09. The molecule has 1 aromatic carbocycles. The van der Waals surface area contributed by atoms with Gasteiger partial charge >= 0.3 is 0 Å². The zero-order valence-electron chi connectivity index (χ0n) is 9.32. The highest BCUT2D eigenvalue weighted by Crippen LogP contribution is 2.26. The Bertz CT molecular complexity index is 452. The molecule has 1 aliphatic heterocycles. The van der Waals surface area contributed by atoms with E-state index in [1.165, 1.54) is 0 Å². The monoisotopic (exact) mass is 219 g/mol. The first-order valence-electron chi connectivity index (χ1n) is 5.04. The van der Waals surface area contributed by atoms with Crippen LogP contribution in [0.15, 0.2) is 23.2 Å². The lowest BCUT2D eigenvalue weighted by atomic mass is 9.98. The van der Waals surface area contributed by atoms with Crippen LogP contribution in [0.25, 0.3) is 0 Å². The Morgan fingerprint density at radius 2 is 2.25 bits per heavy atom. The van der Waals surface area contributed by atoms with Crippen LogP contribution in [0.3, 0.4) is 0 Å². The van der Waals surface area contributed by atoms with Gasteiger partial charge in [0.2, 0.25) is 0 Å². The number of hydrogen-bond acceptors (Lipinski definition) is 3. The van der Waals surface area contributed by atoms with Crippen LogP contribution in [0.2, 0.25) is 0 Å². The summed E-state index contributed by atoms with van der Waals surface area (Å²) in [7, 11) is 1.54. The predicted molar refractivity (Wildman–Crippen MR) is 60.1 cm³/mol. The Kier molecular flexibility index (Phi) is 3.01. The van der Waals surface area contributed by atoms with E-state index in [0.717, 1.165) is 11.3 Å². The normalized spacial score (nSPS) is 14.4. The van der Waals surface area contributed by atoms with Gasteiger partial charge in [0.15, 0.2) is 6.79 Å². The number of carbonyl (C=O) groups is 1.